The second-order valence-electron chi connectivity index (χ2n) is 13.8. The Labute approximate surface area is 319 Å². The lowest BCUT2D eigenvalue weighted by Crippen LogP contribution is -2.10. The van der Waals surface area contributed by atoms with Gasteiger partial charge in [0.1, 0.15) is 0 Å². The van der Waals surface area contributed by atoms with Crippen molar-refractivity contribution in [1.29, 1.82) is 0 Å². The summed E-state index contributed by atoms with van der Waals surface area (Å²) in [4.78, 5) is 2.37. The molecule has 0 aliphatic carbocycles. The molecule has 1 heterocycles. The van der Waals surface area contributed by atoms with Crippen LogP contribution in [0.3, 0.4) is 0 Å². The zero-order valence-electron chi connectivity index (χ0n) is 29.6. The number of anilines is 3. The monoisotopic (exact) mass is 705 g/mol. The summed E-state index contributed by atoms with van der Waals surface area (Å²) in [7, 11) is 0. The Morgan fingerprint density at radius 1 is 0.278 bits per heavy atom. The van der Waals surface area contributed by atoms with Crippen LogP contribution in [0.1, 0.15) is 0 Å². The van der Waals surface area contributed by atoms with Crippen LogP contribution in [0.15, 0.2) is 212 Å². The van der Waals surface area contributed by atoms with E-state index in [1.807, 2.05) is 11.3 Å². The summed E-state index contributed by atoms with van der Waals surface area (Å²) in [6.07, 6.45) is 0. The molecule has 0 bridgehead atoms. The minimum absolute atomic E-state index is 1.10. The molecule has 0 aliphatic heterocycles. The van der Waals surface area contributed by atoms with Gasteiger partial charge in [0.25, 0.3) is 0 Å². The van der Waals surface area contributed by atoms with E-state index >= 15 is 0 Å². The van der Waals surface area contributed by atoms with E-state index in [4.69, 9.17) is 0 Å². The zero-order chi connectivity index (χ0) is 35.8. The maximum atomic E-state index is 2.37. The summed E-state index contributed by atoms with van der Waals surface area (Å²) in [5, 5.41) is 5.15. The van der Waals surface area contributed by atoms with Gasteiger partial charge in [0.05, 0.1) is 0 Å². The SMILES string of the molecule is c1ccc(-c2cccc(-c3ccc(N(c4ccc(-c5ccc6c(c5)sc5ccccc56)cc4)c4cccc(-c5cccc6ccccc56)c4)cc3)c2)cc1. The van der Waals surface area contributed by atoms with Gasteiger partial charge in [-0.05, 0) is 110 Å². The Kier molecular flexibility index (Phi) is 8.09. The second kappa shape index (κ2) is 13.7. The lowest BCUT2D eigenvalue weighted by atomic mass is 9.97. The van der Waals surface area contributed by atoms with Crippen LogP contribution in [0.2, 0.25) is 0 Å². The lowest BCUT2D eigenvalue weighted by Gasteiger charge is -2.26. The van der Waals surface area contributed by atoms with Crippen LogP contribution in [-0.4, -0.2) is 0 Å². The third-order valence-corrected chi connectivity index (χ3v) is 11.6. The van der Waals surface area contributed by atoms with Crippen molar-refractivity contribution >= 4 is 59.3 Å². The number of benzene rings is 9. The molecule has 0 amide bonds. The first-order valence-corrected chi connectivity index (χ1v) is 19.2. The largest absolute Gasteiger partial charge is 0.310 e. The molecular formula is C52H35NS. The molecule has 0 saturated heterocycles. The van der Waals surface area contributed by atoms with E-state index in [0.717, 1.165) is 17.1 Å². The molecule has 0 radical (unpaired) electrons. The molecule has 0 spiro atoms. The first-order valence-electron chi connectivity index (χ1n) is 18.4. The molecular weight excluding hydrogens is 671 g/mol. The Morgan fingerprint density at radius 3 is 1.56 bits per heavy atom. The fourth-order valence-corrected chi connectivity index (χ4v) is 8.90. The highest BCUT2D eigenvalue weighted by Gasteiger charge is 2.16. The van der Waals surface area contributed by atoms with Gasteiger partial charge in [-0.15, -0.1) is 11.3 Å². The third kappa shape index (κ3) is 5.93. The van der Waals surface area contributed by atoms with Gasteiger partial charge in [-0.25, -0.2) is 0 Å². The Bertz CT molecular complexity index is 2920. The van der Waals surface area contributed by atoms with Crippen molar-refractivity contribution in [3.63, 3.8) is 0 Å². The molecule has 10 rings (SSSR count). The number of hydrogen-bond acceptors (Lipinski definition) is 2. The summed E-state index contributed by atoms with van der Waals surface area (Å²) >= 11 is 1.86. The molecule has 0 aliphatic rings. The van der Waals surface area contributed by atoms with E-state index in [-0.39, 0.29) is 0 Å². The molecule has 9 aromatic carbocycles. The van der Waals surface area contributed by atoms with Crippen molar-refractivity contribution in [2.75, 3.05) is 4.90 Å². The summed E-state index contributed by atoms with van der Waals surface area (Å²) < 4.78 is 2.65. The molecule has 0 atom stereocenters. The van der Waals surface area contributed by atoms with Crippen LogP contribution < -0.4 is 4.90 Å². The third-order valence-electron chi connectivity index (χ3n) is 10.5. The van der Waals surface area contributed by atoms with E-state index in [1.165, 1.54) is 75.5 Å². The van der Waals surface area contributed by atoms with E-state index in [0.29, 0.717) is 0 Å². The van der Waals surface area contributed by atoms with Gasteiger partial charge in [-0.1, -0.05) is 158 Å². The summed E-state index contributed by atoms with van der Waals surface area (Å²) in [5.41, 5.74) is 13.0. The average molecular weight is 706 g/mol. The van der Waals surface area contributed by atoms with Gasteiger partial charge in [0, 0.05) is 37.2 Å². The molecule has 0 fully saturated rings. The minimum Gasteiger partial charge on any atom is -0.310 e. The normalized spacial score (nSPS) is 11.3. The molecule has 1 nitrogen and oxygen atoms in total. The van der Waals surface area contributed by atoms with Gasteiger partial charge in [0.15, 0.2) is 0 Å². The van der Waals surface area contributed by atoms with Crippen LogP contribution in [0.4, 0.5) is 17.1 Å². The van der Waals surface area contributed by atoms with Crippen LogP contribution in [0, 0.1) is 0 Å². The summed E-state index contributed by atoms with van der Waals surface area (Å²) in [6.45, 7) is 0. The van der Waals surface area contributed by atoms with Crippen molar-refractivity contribution in [3.05, 3.63) is 212 Å². The van der Waals surface area contributed by atoms with E-state index in [9.17, 15) is 0 Å². The molecule has 0 saturated carbocycles. The predicted octanol–water partition coefficient (Wildman–Crippen LogP) is 15.3. The van der Waals surface area contributed by atoms with Crippen molar-refractivity contribution in [2.45, 2.75) is 0 Å². The standard InChI is InChI=1S/C52H35NS/c1-2-11-36(12-3-1)40-15-8-16-41(33-40)37-23-28-44(29-24-37)53(46-18-9-17-43(34-46)48-21-10-14-39-13-4-5-19-47(39)48)45-30-25-38(26-31-45)42-27-32-50-49-20-6-7-22-51(49)54-52(50)35-42/h1-35H. The van der Waals surface area contributed by atoms with Crippen LogP contribution in [-0.2, 0) is 0 Å². The zero-order valence-corrected chi connectivity index (χ0v) is 30.4. The van der Waals surface area contributed by atoms with Gasteiger partial charge < -0.3 is 4.90 Å². The average Bonchev–Trinajstić information content (AvgIpc) is 3.63. The van der Waals surface area contributed by atoms with Crippen LogP contribution >= 0.6 is 11.3 Å². The first kappa shape index (κ1) is 32.0. The van der Waals surface area contributed by atoms with Crippen molar-refractivity contribution < 1.29 is 0 Å². The van der Waals surface area contributed by atoms with E-state index < -0.39 is 0 Å². The molecule has 0 unspecified atom stereocenters. The summed E-state index contributed by atoms with van der Waals surface area (Å²) in [5.74, 6) is 0. The predicted molar refractivity (Wildman–Crippen MR) is 233 cm³/mol. The summed E-state index contributed by atoms with van der Waals surface area (Å²) in [6, 6.07) is 77.1. The topological polar surface area (TPSA) is 3.24 Å². The maximum Gasteiger partial charge on any atom is 0.0467 e. The fraction of sp³-hybridized carbons (Fsp3) is 0. The second-order valence-corrected chi connectivity index (χ2v) is 14.8. The lowest BCUT2D eigenvalue weighted by molar-refractivity contribution is 1.28. The van der Waals surface area contributed by atoms with E-state index in [1.54, 1.807) is 0 Å². The van der Waals surface area contributed by atoms with Gasteiger partial charge in [-0.3, -0.25) is 0 Å². The molecule has 1 aromatic heterocycles. The first-order chi connectivity index (χ1) is 26.7. The molecule has 2 heteroatoms. The number of fused-ring (bicyclic) bond motifs is 4. The van der Waals surface area contributed by atoms with Crippen LogP contribution in [0.25, 0.3) is 75.5 Å². The van der Waals surface area contributed by atoms with E-state index in [2.05, 4.69) is 217 Å². The van der Waals surface area contributed by atoms with Crippen LogP contribution in [0.5, 0.6) is 0 Å². The Hall–Kier alpha value is -6.74. The quantitative estimate of drug-likeness (QED) is 0.160. The number of nitrogens with zero attached hydrogens (tertiary/aromatic N) is 1. The van der Waals surface area contributed by atoms with Crippen molar-refractivity contribution in [1.82, 2.24) is 0 Å². The van der Waals surface area contributed by atoms with Gasteiger partial charge in [-0.2, -0.15) is 0 Å². The fourth-order valence-electron chi connectivity index (χ4n) is 7.76. The van der Waals surface area contributed by atoms with Crippen molar-refractivity contribution in [3.8, 4) is 44.5 Å². The number of hydrogen-bond donors (Lipinski definition) is 0. The molecule has 54 heavy (non-hydrogen) atoms. The number of rotatable bonds is 7. The Balaban J connectivity index is 1.05. The van der Waals surface area contributed by atoms with Crippen molar-refractivity contribution in [2.24, 2.45) is 0 Å². The highest BCUT2D eigenvalue weighted by atomic mass is 32.1. The Morgan fingerprint density at radius 2 is 0.796 bits per heavy atom. The maximum absolute atomic E-state index is 2.37. The highest BCUT2D eigenvalue weighted by Crippen LogP contribution is 2.41. The van der Waals surface area contributed by atoms with Gasteiger partial charge >= 0.3 is 0 Å². The number of thiophene rings is 1. The molecule has 0 N–H and O–H groups in total. The highest BCUT2D eigenvalue weighted by molar-refractivity contribution is 7.25. The minimum atomic E-state index is 1.10. The molecule has 10 aromatic rings. The smallest absolute Gasteiger partial charge is 0.0467 e. The molecule has 254 valence electrons. The van der Waals surface area contributed by atoms with Gasteiger partial charge in [0.2, 0.25) is 0 Å².